The zero-order chi connectivity index (χ0) is 13.8. The molecule has 0 radical (unpaired) electrons. The van der Waals surface area contributed by atoms with E-state index in [9.17, 15) is 0 Å². The molecule has 0 atom stereocenters. The topological polar surface area (TPSA) is 15.6 Å². The number of thioether (sulfide) groups is 1. The Hall–Kier alpha value is -2.00. The van der Waals surface area contributed by atoms with Crippen molar-refractivity contribution in [1.82, 2.24) is 0 Å². The first-order valence-electron chi connectivity index (χ1n) is 6.72. The minimum absolute atomic E-state index is 0.967. The zero-order valence-electron chi connectivity index (χ0n) is 11.4. The molecule has 1 aliphatic rings. The Labute approximate surface area is 123 Å². The largest absolute Gasteiger partial charge is 0.335 e. The summed E-state index contributed by atoms with van der Waals surface area (Å²) in [5, 5.41) is 1.23. The Bertz CT molecular complexity index is 647. The van der Waals surface area contributed by atoms with Gasteiger partial charge in [-0.15, -0.1) is 0 Å². The van der Waals surface area contributed by atoms with E-state index in [1.165, 1.54) is 15.6 Å². The Morgan fingerprint density at radius 3 is 2.60 bits per heavy atom. The molecule has 2 aromatic rings. The number of nitrogens with zero attached hydrogens (tertiary/aromatic N) is 2. The highest BCUT2D eigenvalue weighted by atomic mass is 32.2. The maximum Gasteiger partial charge on any atom is 0.0816 e. The highest BCUT2D eigenvalue weighted by Crippen LogP contribution is 2.45. The van der Waals surface area contributed by atoms with E-state index in [1.54, 1.807) is 11.8 Å². The second kappa shape index (κ2) is 5.97. The van der Waals surface area contributed by atoms with Crippen molar-refractivity contribution in [2.24, 2.45) is 4.99 Å². The first-order valence-corrected chi connectivity index (χ1v) is 7.54. The van der Waals surface area contributed by atoms with Crippen LogP contribution in [0.4, 0.5) is 11.4 Å². The van der Waals surface area contributed by atoms with Gasteiger partial charge in [-0.3, -0.25) is 4.99 Å². The molecule has 0 aromatic heterocycles. The van der Waals surface area contributed by atoms with Crippen molar-refractivity contribution >= 4 is 29.4 Å². The van der Waals surface area contributed by atoms with Gasteiger partial charge in [0.05, 0.1) is 16.4 Å². The lowest BCUT2D eigenvalue weighted by Crippen LogP contribution is -2.16. The predicted octanol–water partition coefficient (Wildman–Crippen LogP) is 4.86. The molecular weight excluding hydrogens is 264 g/mol. The molecule has 0 saturated heterocycles. The highest BCUT2D eigenvalue weighted by molar-refractivity contribution is 8.03. The number of fused-ring (bicyclic) bond motifs is 1. The van der Waals surface area contributed by atoms with E-state index in [-0.39, 0.29) is 0 Å². The molecule has 2 aromatic carbocycles. The summed E-state index contributed by atoms with van der Waals surface area (Å²) in [6.45, 7) is 3.14. The number of aliphatic imine (C=N–C) groups is 1. The maximum absolute atomic E-state index is 4.46. The van der Waals surface area contributed by atoms with Crippen molar-refractivity contribution in [3.05, 3.63) is 65.7 Å². The van der Waals surface area contributed by atoms with Gasteiger partial charge >= 0.3 is 0 Å². The Morgan fingerprint density at radius 1 is 1.05 bits per heavy atom. The summed E-state index contributed by atoms with van der Waals surface area (Å²) in [5.74, 6) is 0. The van der Waals surface area contributed by atoms with Crippen molar-refractivity contribution in [1.29, 1.82) is 0 Å². The molecule has 100 valence electrons. The average Bonchev–Trinajstić information content (AvgIpc) is 2.86. The van der Waals surface area contributed by atoms with Crippen LogP contribution in [-0.4, -0.2) is 12.8 Å². The molecule has 0 saturated carbocycles. The number of para-hydroxylation sites is 2. The molecule has 0 bridgehead atoms. The van der Waals surface area contributed by atoms with Crippen molar-refractivity contribution in [2.75, 3.05) is 11.4 Å². The molecule has 0 N–H and O–H groups in total. The third kappa shape index (κ3) is 2.63. The van der Waals surface area contributed by atoms with Crippen LogP contribution in [-0.2, 0) is 0 Å². The van der Waals surface area contributed by atoms with Crippen LogP contribution in [0, 0.1) is 0 Å². The summed E-state index contributed by atoms with van der Waals surface area (Å²) in [7, 11) is 0. The van der Waals surface area contributed by atoms with Crippen LogP contribution in [0.15, 0.2) is 75.6 Å². The standard InChI is InChI=1S/C17H16N2S/c1-2-19-15-10-6-7-11-16(15)20-17(19)12-13-18-14-8-4-3-5-9-14/h3-13H,2H2,1H3. The van der Waals surface area contributed by atoms with E-state index in [0.29, 0.717) is 0 Å². The normalized spacial score (nSPS) is 16.1. The second-order valence-corrected chi connectivity index (χ2v) is 5.49. The minimum atomic E-state index is 0.967. The van der Waals surface area contributed by atoms with Crippen LogP contribution in [0.2, 0.25) is 0 Å². The van der Waals surface area contributed by atoms with Crippen molar-refractivity contribution < 1.29 is 0 Å². The van der Waals surface area contributed by atoms with Crippen molar-refractivity contribution in [3.8, 4) is 0 Å². The second-order valence-electron chi connectivity index (χ2n) is 4.43. The number of anilines is 1. The number of hydrogen-bond acceptors (Lipinski definition) is 3. The monoisotopic (exact) mass is 280 g/mol. The molecule has 2 nitrogen and oxygen atoms in total. The van der Waals surface area contributed by atoms with Gasteiger partial charge in [-0.25, -0.2) is 0 Å². The van der Waals surface area contributed by atoms with Crippen LogP contribution >= 0.6 is 11.8 Å². The first-order chi connectivity index (χ1) is 9.88. The van der Waals surface area contributed by atoms with E-state index in [1.807, 2.05) is 36.5 Å². The first kappa shape index (κ1) is 13.0. The number of benzene rings is 2. The van der Waals surface area contributed by atoms with Gasteiger partial charge < -0.3 is 4.90 Å². The fourth-order valence-corrected chi connectivity index (χ4v) is 3.33. The lowest BCUT2D eigenvalue weighted by molar-refractivity contribution is 1.00. The molecule has 20 heavy (non-hydrogen) atoms. The smallest absolute Gasteiger partial charge is 0.0816 e. The van der Waals surface area contributed by atoms with E-state index < -0.39 is 0 Å². The molecule has 0 fully saturated rings. The Morgan fingerprint density at radius 2 is 1.80 bits per heavy atom. The molecule has 0 spiro atoms. The van der Waals surface area contributed by atoms with Gasteiger partial charge in [-0.05, 0) is 37.3 Å². The Balaban J connectivity index is 1.81. The minimum Gasteiger partial charge on any atom is -0.335 e. The van der Waals surface area contributed by atoms with Crippen LogP contribution in [0.5, 0.6) is 0 Å². The lowest BCUT2D eigenvalue weighted by atomic mass is 10.3. The number of rotatable bonds is 3. The van der Waals surface area contributed by atoms with Crippen molar-refractivity contribution in [2.45, 2.75) is 11.8 Å². The van der Waals surface area contributed by atoms with E-state index in [2.05, 4.69) is 47.2 Å². The third-order valence-electron chi connectivity index (χ3n) is 3.15. The van der Waals surface area contributed by atoms with Gasteiger partial charge in [-0.2, -0.15) is 0 Å². The molecule has 1 heterocycles. The fourth-order valence-electron chi connectivity index (χ4n) is 2.20. The molecular formula is C17H16N2S. The molecule has 3 heteroatoms. The van der Waals surface area contributed by atoms with Gasteiger partial charge in [0.2, 0.25) is 0 Å². The van der Waals surface area contributed by atoms with Crippen LogP contribution in [0.1, 0.15) is 6.92 Å². The highest BCUT2D eigenvalue weighted by Gasteiger charge is 2.22. The summed E-state index contributed by atoms with van der Waals surface area (Å²) in [6.07, 6.45) is 3.97. The van der Waals surface area contributed by atoms with Gasteiger partial charge in [0.15, 0.2) is 0 Å². The molecule has 1 aliphatic heterocycles. The third-order valence-corrected chi connectivity index (χ3v) is 4.28. The molecule has 3 rings (SSSR count). The van der Waals surface area contributed by atoms with Gasteiger partial charge in [0, 0.05) is 17.7 Å². The predicted molar refractivity (Wildman–Crippen MR) is 88.0 cm³/mol. The maximum atomic E-state index is 4.46. The van der Waals surface area contributed by atoms with E-state index >= 15 is 0 Å². The number of hydrogen-bond donors (Lipinski definition) is 0. The zero-order valence-corrected chi connectivity index (χ0v) is 12.2. The lowest BCUT2D eigenvalue weighted by Gasteiger charge is -2.17. The van der Waals surface area contributed by atoms with Gasteiger partial charge in [0.25, 0.3) is 0 Å². The Kier molecular flexibility index (Phi) is 3.88. The fraction of sp³-hybridized carbons (Fsp3) is 0.118. The van der Waals surface area contributed by atoms with Gasteiger partial charge in [0.1, 0.15) is 0 Å². The number of allylic oxidation sites excluding steroid dienone is 1. The van der Waals surface area contributed by atoms with Crippen molar-refractivity contribution in [3.63, 3.8) is 0 Å². The van der Waals surface area contributed by atoms with Gasteiger partial charge in [-0.1, -0.05) is 42.1 Å². The summed E-state index contributed by atoms with van der Waals surface area (Å²) in [5.41, 5.74) is 2.27. The molecule has 0 aliphatic carbocycles. The summed E-state index contributed by atoms with van der Waals surface area (Å²) < 4.78 is 0. The van der Waals surface area contributed by atoms with Crippen LogP contribution in [0.3, 0.4) is 0 Å². The average molecular weight is 280 g/mol. The molecule has 0 unspecified atom stereocenters. The van der Waals surface area contributed by atoms with E-state index in [4.69, 9.17) is 0 Å². The summed E-state index contributed by atoms with van der Waals surface area (Å²) >= 11 is 1.80. The van der Waals surface area contributed by atoms with E-state index in [0.717, 1.165) is 12.2 Å². The quantitative estimate of drug-likeness (QED) is 0.746. The summed E-state index contributed by atoms with van der Waals surface area (Å²) in [6, 6.07) is 18.5. The molecule has 0 amide bonds. The van der Waals surface area contributed by atoms with Crippen LogP contribution in [0.25, 0.3) is 0 Å². The van der Waals surface area contributed by atoms with Crippen LogP contribution < -0.4 is 4.90 Å². The SMILES string of the molecule is CCN1C(=CC=Nc2ccccc2)Sc2ccccc21. The summed E-state index contributed by atoms with van der Waals surface area (Å²) in [4.78, 5) is 8.09.